The summed E-state index contributed by atoms with van der Waals surface area (Å²) in [6.07, 6.45) is 1.69. The van der Waals surface area contributed by atoms with Crippen LogP contribution in [0.25, 0.3) is 0 Å². The summed E-state index contributed by atoms with van der Waals surface area (Å²) in [7, 11) is 2.01. The molecule has 0 saturated heterocycles. The first kappa shape index (κ1) is 12.7. The Hall–Kier alpha value is -1.38. The summed E-state index contributed by atoms with van der Waals surface area (Å²) >= 11 is 0. The molecule has 88 valence electrons. The molecule has 1 aromatic heterocycles. The highest BCUT2D eigenvalue weighted by molar-refractivity contribution is 5.94. The maximum absolute atomic E-state index is 11.3. The summed E-state index contributed by atoms with van der Waals surface area (Å²) in [5.74, 6) is 1.48. The number of hydrogen-bond acceptors (Lipinski definition) is 3. The molecular weight excluding hydrogens is 200 g/mol. The third-order valence-electron chi connectivity index (χ3n) is 3.09. The van der Waals surface area contributed by atoms with E-state index in [4.69, 9.17) is 0 Å². The van der Waals surface area contributed by atoms with Crippen molar-refractivity contribution in [2.24, 2.45) is 5.92 Å². The van der Waals surface area contributed by atoms with Gasteiger partial charge in [0.05, 0.1) is 0 Å². The number of Topliss-reactive ketones (excluding diaryl/α,β-unsaturated/α-hetero) is 1. The highest BCUT2D eigenvalue weighted by Gasteiger charge is 2.15. The van der Waals surface area contributed by atoms with Gasteiger partial charge in [-0.25, -0.2) is 4.98 Å². The van der Waals surface area contributed by atoms with Crippen molar-refractivity contribution in [3.63, 3.8) is 0 Å². The van der Waals surface area contributed by atoms with Crippen LogP contribution in [0.5, 0.6) is 0 Å². The van der Waals surface area contributed by atoms with Gasteiger partial charge in [-0.15, -0.1) is 0 Å². The van der Waals surface area contributed by atoms with E-state index in [9.17, 15) is 4.79 Å². The number of pyridine rings is 1. The first-order valence-electron chi connectivity index (χ1n) is 5.63. The quantitative estimate of drug-likeness (QED) is 0.731. The Labute approximate surface area is 97.5 Å². The van der Waals surface area contributed by atoms with Gasteiger partial charge in [-0.3, -0.25) is 4.79 Å². The molecule has 3 heteroatoms. The van der Waals surface area contributed by atoms with Crippen molar-refractivity contribution in [2.75, 3.05) is 11.9 Å². The molecule has 0 bridgehead atoms. The van der Waals surface area contributed by atoms with Crippen molar-refractivity contribution in [1.29, 1.82) is 0 Å². The second-order valence-electron chi connectivity index (χ2n) is 4.55. The second-order valence-corrected chi connectivity index (χ2v) is 4.55. The topological polar surface area (TPSA) is 33.2 Å². The minimum atomic E-state index is 0.0780. The first-order chi connectivity index (χ1) is 7.43. The van der Waals surface area contributed by atoms with Crippen LogP contribution in [0.1, 0.15) is 38.1 Å². The molecule has 1 rings (SSSR count). The molecule has 1 heterocycles. The van der Waals surface area contributed by atoms with Crippen molar-refractivity contribution in [1.82, 2.24) is 4.98 Å². The fourth-order valence-corrected chi connectivity index (χ4v) is 1.49. The van der Waals surface area contributed by atoms with Gasteiger partial charge in [0.1, 0.15) is 5.82 Å². The van der Waals surface area contributed by atoms with Gasteiger partial charge < -0.3 is 4.90 Å². The van der Waals surface area contributed by atoms with E-state index in [2.05, 4.69) is 30.7 Å². The molecule has 0 radical (unpaired) electrons. The van der Waals surface area contributed by atoms with Crippen LogP contribution in [-0.4, -0.2) is 23.9 Å². The number of nitrogens with zero attached hydrogens (tertiary/aromatic N) is 2. The summed E-state index contributed by atoms with van der Waals surface area (Å²) < 4.78 is 0. The van der Waals surface area contributed by atoms with Gasteiger partial charge >= 0.3 is 0 Å². The van der Waals surface area contributed by atoms with Gasteiger partial charge in [0, 0.05) is 24.8 Å². The van der Waals surface area contributed by atoms with E-state index >= 15 is 0 Å². The lowest BCUT2D eigenvalue weighted by atomic mass is 10.1. The van der Waals surface area contributed by atoms with Crippen molar-refractivity contribution in [3.05, 3.63) is 23.9 Å². The minimum Gasteiger partial charge on any atom is -0.357 e. The van der Waals surface area contributed by atoms with Gasteiger partial charge in [0.15, 0.2) is 5.78 Å². The minimum absolute atomic E-state index is 0.0780. The Morgan fingerprint density at radius 3 is 2.50 bits per heavy atom. The standard InChI is InChI=1S/C13H20N2O/c1-9(2)10(3)15(5)13-8-12(11(4)16)6-7-14-13/h6-10H,1-5H3. The average molecular weight is 220 g/mol. The zero-order valence-corrected chi connectivity index (χ0v) is 10.7. The summed E-state index contributed by atoms with van der Waals surface area (Å²) in [4.78, 5) is 17.7. The molecule has 3 nitrogen and oxygen atoms in total. The monoisotopic (exact) mass is 220 g/mol. The van der Waals surface area contributed by atoms with Crippen LogP contribution in [-0.2, 0) is 0 Å². The fourth-order valence-electron chi connectivity index (χ4n) is 1.49. The highest BCUT2D eigenvalue weighted by Crippen LogP contribution is 2.17. The molecule has 0 N–H and O–H groups in total. The first-order valence-corrected chi connectivity index (χ1v) is 5.63. The van der Waals surface area contributed by atoms with Crippen LogP contribution in [0.2, 0.25) is 0 Å². The molecule has 0 aromatic carbocycles. The summed E-state index contributed by atoms with van der Waals surface area (Å²) in [6.45, 7) is 8.09. The maximum Gasteiger partial charge on any atom is 0.159 e. The van der Waals surface area contributed by atoms with Crippen molar-refractivity contribution in [3.8, 4) is 0 Å². The summed E-state index contributed by atoms with van der Waals surface area (Å²) in [6, 6.07) is 4.00. The fraction of sp³-hybridized carbons (Fsp3) is 0.538. The third-order valence-corrected chi connectivity index (χ3v) is 3.09. The van der Waals surface area contributed by atoms with Crippen LogP contribution in [0, 0.1) is 5.92 Å². The molecule has 0 fully saturated rings. The zero-order chi connectivity index (χ0) is 12.3. The number of rotatable bonds is 4. The van der Waals surface area contributed by atoms with Crippen LogP contribution in [0.4, 0.5) is 5.82 Å². The zero-order valence-electron chi connectivity index (χ0n) is 10.7. The molecule has 0 amide bonds. The van der Waals surface area contributed by atoms with E-state index in [-0.39, 0.29) is 5.78 Å². The molecule has 1 unspecified atom stereocenters. The molecule has 1 atom stereocenters. The Morgan fingerprint density at radius 1 is 1.38 bits per heavy atom. The highest BCUT2D eigenvalue weighted by atomic mass is 16.1. The lowest BCUT2D eigenvalue weighted by Crippen LogP contribution is -2.33. The van der Waals surface area contributed by atoms with Crippen molar-refractivity contribution >= 4 is 11.6 Å². The van der Waals surface area contributed by atoms with Gasteiger partial charge in [-0.1, -0.05) is 13.8 Å². The largest absolute Gasteiger partial charge is 0.357 e. The number of hydrogen-bond donors (Lipinski definition) is 0. The molecule has 1 aromatic rings. The number of carbonyl (C=O) groups is 1. The normalized spacial score (nSPS) is 12.6. The van der Waals surface area contributed by atoms with Gasteiger partial charge in [-0.2, -0.15) is 0 Å². The predicted octanol–water partition coefficient (Wildman–Crippen LogP) is 2.76. The summed E-state index contributed by atoms with van der Waals surface area (Å²) in [5.41, 5.74) is 0.716. The molecular formula is C13H20N2O. The average Bonchev–Trinajstić information content (AvgIpc) is 2.27. The van der Waals surface area contributed by atoms with E-state index in [0.717, 1.165) is 5.82 Å². The van der Waals surface area contributed by atoms with Crippen LogP contribution in [0.3, 0.4) is 0 Å². The maximum atomic E-state index is 11.3. The van der Waals surface area contributed by atoms with E-state index in [1.54, 1.807) is 19.2 Å². The smallest absolute Gasteiger partial charge is 0.159 e. The lowest BCUT2D eigenvalue weighted by Gasteiger charge is -2.29. The van der Waals surface area contributed by atoms with Crippen LogP contribution < -0.4 is 4.90 Å². The molecule has 0 aliphatic rings. The molecule has 0 spiro atoms. The second kappa shape index (κ2) is 5.10. The van der Waals surface area contributed by atoms with Gasteiger partial charge in [0.25, 0.3) is 0 Å². The van der Waals surface area contributed by atoms with E-state index in [1.165, 1.54) is 0 Å². The third kappa shape index (κ3) is 2.81. The Kier molecular flexibility index (Phi) is 4.05. The van der Waals surface area contributed by atoms with Gasteiger partial charge in [-0.05, 0) is 31.9 Å². The summed E-state index contributed by atoms with van der Waals surface area (Å²) in [5, 5.41) is 0. The van der Waals surface area contributed by atoms with Crippen LogP contribution >= 0.6 is 0 Å². The Balaban J connectivity index is 2.95. The number of anilines is 1. The van der Waals surface area contributed by atoms with E-state index in [1.807, 2.05) is 13.1 Å². The predicted molar refractivity (Wildman–Crippen MR) is 66.9 cm³/mol. The molecule has 16 heavy (non-hydrogen) atoms. The molecule has 0 aliphatic carbocycles. The number of ketones is 1. The Morgan fingerprint density at radius 2 is 2.00 bits per heavy atom. The molecule has 0 aliphatic heterocycles. The Bertz CT molecular complexity index is 374. The van der Waals surface area contributed by atoms with Crippen molar-refractivity contribution in [2.45, 2.75) is 33.7 Å². The van der Waals surface area contributed by atoms with E-state index < -0.39 is 0 Å². The van der Waals surface area contributed by atoms with E-state index in [0.29, 0.717) is 17.5 Å². The lowest BCUT2D eigenvalue weighted by molar-refractivity contribution is 0.101. The molecule has 0 saturated carbocycles. The number of aromatic nitrogens is 1. The number of carbonyl (C=O) groups excluding carboxylic acids is 1. The van der Waals surface area contributed by atoms with Gasteiger partial charge in [0.2, 0.25) is 0 Å². The van der Waals surface area contributed by atoms with Crippen molar-refractivity contribution < 1.29 is 4.79 Å². The van der Waals surface area contributed by atoms with Crippen LogP contribution in [0.15, 0.2) is 18.3 Å². The SMILES string of the molecule is CC(=O)c1ccnc(N(C)C(C)C(C)C)c1.